The van der Waals surface area contributed by atoms with Crippen LogP contribution >= 0.6 is 0 Å². The summed E-state index contributed by atoms with van der Waals surface area (Å²) in [4.78, 5) is 28.5. The van der Waals surface area contributed by atoms with E-state index in [0.29, 0.717) is 5.69 Å². The third-order valence-electron chi connectivity index (χ3n) is 7.56. The number of anilines is 1. The van der Waals surface area contributed by atoms with Gasteiger partial charge in [-0.2, -0.15) is 0 Å². The average Bonchev–Trinajstić information content (AvgIpc) is 3.46. The molecule has 0 unspecified atom stereocenters. The van der Waals surface area contributed by atoms with Crippen LogP contribution in [0.1, 0.15) is 49.3 Å². The van der Waals surface area contributed by atoms with E-state index in [9.17, 15) is 22.4 Å². The van der Waals surface area contributed by atoms with Gasteiger partial charge in [-0.15, -0.1) is 0 Å². The third-order valence-corrected chi connectivity index (χ3v) is 9.34. The van der Waals surface area contributed by atoms with E-state index in [1.54, 1.807) is 61.5 Å². The quantitative estimate of drug-likeness (QED) is 0.370. The van der Waals surface area contributed by atoms with E-state index in [4.69, 9.17) is 0 Å². The molecule has 1 saturated carbocycles. The van der Waals surface area contributed by atoms with Crippen molar-refractivity contribution in [3.63, 3.8) is 0 Å². The van der Waals surface area contributed by atoms with Crippen molar-refractivity contribution in [2.75, 3.05) is 10.8 Å². The summed E-state index contributed by atoms with van der Waals surface area (Å²) in [6.07, 6.45) is 3.80. The maximum atomic E-state index is 14.7. The third kappa shape index (κ3) is 6.70. The van der Waals surface area contributed by atoms with Crippen LogP contribution in [0.4, 0.5) is 10.1 Å². The van der Waals surface area contributed by atoms with E-state index in [1.807, 2.05) is 13.8 Å². The van der Waals surface area contributed by atoms with Gasteiger partial charge in [0.1, 0.15) is 18.4 Å². The van der Waals surface area contributed by atoms with Crippen molar-refractivity contribution in [2.24, 2.45) is 0 Å². The smallest absolute Gasteiger partial charge is 0.264 e. The Morgan fingerprint density at radius 2 is 1.60 bits per heavy atom. The summed E-state index contributed by atoms with van der Waals surface area (Å²) >= 11 is 0. The summed E-state index contributed by atoms with van der Waals surface area (Å²) < 4.78 is 43.4. The molecule has 0 saturated heterocycles. The zero-order valence-corrected chi connectivity index (χ0v) is 24.0. The summed E-state index contributed by atoms with van der Waals surface area (Å²) in [5, 5.41) is 3.01. The van der Waals surface area contributed by atoms with Crippen LogP contribution in [0, 0.1) is 19.7 Å². The summed E-state index contributed by atoms with van der Waals surface area (Å²) in [7, 11) is -4.15. The van der Waals surface area contributed by atoms with Crippen LogP contribution in [0.15, 0.2) is 77.7 Å². The number of amides is 2. The van der Waals surface area contributed by atoms with Crippen LogP contribution in [0.2, 0.25) is 0 Å². The molecule has 1 N–H and O–H groups in total. The molecule has 3 aromatic carbocycles. The number of nitrogens with zero attached hydrogens (tertiary/aromatic N) is 2. The molecule has 0 radical (unpaired) electrons. The summed E-state index contributed by atoms with van der Waals surface area (Å²) in [5.41, 5.74) is 2.41. The first kappa shape index (κ1) is 29.3. The van der Waals surface area contributed by atoms with Gasteiger partial charge in [0.2, 0.25) is 11.8 Å². The molecule has 1 aliphatic rings. The van der Waals surface area contributed by atoms with Crippen LogP contribution < -0.4 is 9.62 Å². The largest absolute Gasteiger partial charge is 0.352 e. The lowest BCUT2D eigenvalue weighted by Gasteiger charge is -2.32. The highest BCUT2D eigenvalue weighted by molar-refractivity contribution is 7.92. The molecule has 1 fully saturated rings. The summed E-state index contributed by atoms with van der Waals surface area (Å²) in [6.45, 7) is 4.64. The number of aryl methyl sites for hydroxylation is 2. The second kappa shape index (κ2) is 12.6. The number of nitrogens with one attached hydrogen (secondary N) is 1. The van der Waals surface area contributed by atoms with Crippen molar-refractivity contribution < 1.29 is 22.4 Å². The Bertz CT molecular complexity index is 1460. The van der Waals surface area contributed by atoms with E-state index < -0.39 is 34.3 Å². The maximum absolute atomic E-state index is 14.7. The van der Waals surface area contributed by atoms with Gasteiger partial charge in [0, 0.05) is 18.2 Å². The zero-order chi connectivity index (χ0) is 28.9. The highest BCUT2D eigenvalue weighted by atomic mass is 32.2. The molecule has 0 aliphatic heterocycles. The molecule has 3 aromatic rings. The van der Waals surface area contributed by atoms with Crippen LogP contribution in [-0.2, 0) is 26.2 Å². The molecular formula is C31H36FN3O4S. The van der Waals surface area contributed by atoms with Crippen molar-refractivity contribution in [3.05, 3.63) is 95.3 Å². The van der Waals surface area contributed by atoms with Crippen LogP contribution in [0.3, 0.4) is 0 Å². The number of rotatable bonds is 10. The van der Waals surface area contributed by atoms with Crippen molar-refractivity contribution in [3.8, 4) is 0 Å². The SMILES string of the molecule is Cc1ccc(N(CC(=O)N(Cc2ccccc2F)[C@@H](C)C(=O)NC2CCCC2)S(=O)(=O)c2ccccc2)cc1C. The second-order valence-corrected chi connectivity index (χ2v) is 12.2. The van der Waals surface area contributed by atoms with Crippen LogP contribution in [-0.4, -0.2) is 43.8 Å². The number of benzene rings is 3. The molecule has 1 aliphatic carbocycles. The highest BCUT2D eigenvalue weighted by Crippen LogP contribution is 2.27. The lowest BCUT2D eigenvalue weighted by Crippen LogP contribution is -2.52. The van der Waals surface area contributed by atoms with Crippen LogP contribution in [0.25, 0.3) is 0 Å². The average molecular weight is 566 g/mol. The number of hydrogen-bond donors (Lipinski definition) is 1. The van der Waals surface area contributed by atoms with Crippen molar-refractivity contribution in [2.45, 2.75) is 70.0 Å². The molecule has 2 amide bonds. The van der Waals surface area contributed by atoms with Gasteiger partial charge in [0.15, 0.2) is 0 Å². The minimum absolute atomic E-state index is 0.0332. The van der Waals surface area contributed by atoms with E-state index in [-0.39, 0.29) is 29.0 Å². The van der Waals surface area contributed by atoms with Crippen molar-refractivity contribution in [1.82, 2.24) is 10.2 Å². The van der Waals surface area contributed by atoms with Gasteiger partial charge in [0.05, 0.1) is 10.6 Å². The topological polar surface area (TPSA) is 86.8 Å². The fourth-order valence-corrected chi connectivity index (χ4v) is 6.34. The molecule has 9 heteroatoms. The fourth-order valence-electron chi connectivity index (χ4n) is 4.91. The van der Waals surface area contributed by atoms with Gasteiger partial charge < -0.3 is 10.2 Å². The van der Waals surface area contributed by atoms with Crippen molar-refractivity contribution in [1.29, 1.82) is 0 Å². The molecule has 0 bridgehead atoms. The normalized spacial score (nSPS) is 14.5. The van der Waals surface area contributed by atoms with Gasteiger partial charge >= 0.3 is 0 Å². The Kier molecular flexibility index (Phi) is 9.25. The van der Waals surface area contributed by atoms with Crippen molar-refractivity contribution >= 4 is 27.5 Å². The Morgan fingerprint density at radius 1 is 0.950 bits per heavy atom. The first-order valence-electron chi connectivity index (χ1n) is 13.6. The number of carbonyl (C=O) groups excluding carboxylic acids is 2. The monoisotopic (exact) mass is 565 g/mol. The Hall–Kier alpha value is -3.72. The molecular weight excluding hydrogens is 529 g/mol. The molecule has 7 nitrogen and oxygen atoms in total. The minimum atomic E-state index is -4.15. The molecule has 1 atom stereocenters. The van der Waals surface area contributed by atoms with Gasteiger partial charge in [-0.05, 0) is 75.1 Å². The predicted octanol–water partition coefficient (Wildman–Crippen LogP) is 5.11. The number of hydrogen-bond acceptors (Lipinski definition) is 4. The van der Waals surface area contributed by atoms with E-state index in [2.05, 4.69) is 5.32 Å². The molecule has 212 valence electrons. The maximum Gasteiger partial charge on any atom is 0.264 e. The molecule has 0 heterocycles. The Labute approximate surface area is 236 Å². The number of halogens is 1. The van der Waals surface area contributed by atoms with Gasteiger partial charge in [-0.1, -0.05) is 55.3 Å². The van der Waals surface area contributed by atoms with Gasteiger partial charge in [-0.3, -0.25) is 13.9 Å². The van der Waals surface area contributed by atoms with E-state index >= 15 is 0 Å². The predicted molar refractivity (Wildman–Crippen MR) is 154 cm³/mol. The van der Waals surface area contributed by atoms with Gasteiger partial charge in [0.25, 0.3) is 10.0 Å². The lowest BCUT2D eigenvalue weighted by atomic mass is 10.1. The molecule has 0 aromatic heterocycles. The van der Waals surface area contributed by atoms with E-state index in [1.165, 1.54) is 23.1 Å². The Balaban J connectivity index is 1.70. The second-order valence-electron chi connectivity index (χ2n) is 10.4. The van der Waals surface area contributed by atoms with E-state index in [0.717, 1.165) is 41.1 Å². The fraction of sp³-hybridized carbons (Fsp3) is 0.355. The summed E-state index contributed by atoms with van der Waals surface area (Å²) in [6, 6.07) is 18.2. The number of sulfonamides is 1. The lowest BCUT2D eigenvalue weighted by molar-refractivity contribution is -0.139. The first-order chi connectivity index (χ1) is 19.1. The van der Waals surface area contributed by atoms with Crippen LogP contribution in [0.5, 0.6) is 0 Å². The highest BCUT2D eigenvalue weighted by Gasteiger charge is 2.33. The molecule has 0 spiro atoms. The van der Waals surface area contributed by atoms with Gasteiger partial charge in [-0.25, -0.2) is 12.8 Å². The summed E-state index contributed by atoms with van der Waals surface area (Å²) in [5.74, 6) is -1.47. The Morgan fingerprint density at radius 3 is 2.25 bits per heavy atom. The minimum Gasteiger partial charge on any atom is -0.352 e. The molecule has 4 rings (SSSR count). The standard InChI is InChI=1S/C31H36FN3O4S/c1-22-17-18-27(19-23(22)2)35(40(38,39)28-14-5-4-6-15-28)21-30(36)34(20-25-11-7-10-16-29(25)32)24(3)31(37)33-26-12-8-9-13-26/h4-7,10-11,14-19,24,26H,8-9,12-13,20-21H2,1-3H3,(H,33,37)/t24-/m0/s1. The molecule has 40 heavy (non-hydrogen) atoms. The zero-order valence-electron chi connectivity index (χ0n) is 23.1. The number of carbonyl (C=O) groups is 2. The first-order valence-corrected chi connectivity index (χ1v) is 15.0.